The van der Waals surface area contributed by atoms with Gasteiger partial charge in [-0.1, -0.05) is 18.2 Å². The highest BCUT2D eigenvalue weighted by Gasteiger charge is 2.12. The smallest absolute Gasteiger partial charge is 0.306 e. The van der Waals surface area contributed by atoms with E-state index in [1.54, 1.807) is 4.68 Å². The Morgan fingerprint density at radius 3 is 2.73 bits per heavy atom. The molecule has 2 aromatic heterocycles. The summed E-state index contributed by atoms with van der Waals surface area (Å²) in [5.41, 5.74) is 0.836. The minimum Gasteiger partial charge on any atom is -0.469 e. The first-order chi connectivity index (χ1) is 12.6. The Kier molecular flexibility index (Phi) is 5.07. The zero-order valence-corrected chi connectivity index (χ0v) is 14.1. The second-order valence-electron chi connectivity index (χ2n) is 5.49. The fourth-order valence-corrected chi connectivity index (χ4v) is 2.39. The van der Waals surface area contributed by atoms with Crippen LogP contribution in [0.5, 0.6) is 0 Å². The van der Waals surface area contributed by atoms with Crippen molar-refractivity contribution in [2.24, 2.45) is 0 Å². The van der Waals surface area contributed by atoms with Gasteiger partial charge in [-0.05, 0) is 12.1 Å². The maximum atomic E-state index is 12.2. The van der Waals surface area contributed by atoms with Crippen molar-refractivity contribution in [1.29, 1.82) is 0 Å². The summed E-state index contributed by atoms with van der Waals surface area (Å²) in [7, 11) is 1.26. The standard InChI is InChI=1S/C17H17N5O4/c1-26-15(24)8-7-14(23)18-10-13-20-16-12(17(25)21-13)9-19-22(16)11-5-3-2-4-6-11/h2-6,9H,7-8,10H2,1H3,(H,18,23)(H,20,21,25). The predicted octanol–water partition coefficient (Wildman–Crippen LogP) is 0.678. The molecule has 0 aliphatic heterocycles. The van der Waals surface area contributed by atoms with Gasteiger partial charge >= 0.3 is 5.97 Å². The number of rotatable bonds is 6. The van der Waals surface area contributed by atoms with E-state index < -0.39 is 5.97 Å². The monoisotopic (exact) mass is 355 g/mol. The summed E-state index contributed by atoms with van der Waals surface area (Å²) in [5.74, 6) is -0.499. The molecular formula is C17H17N5O4. The fourth-order valence-electron chi connectivity index (χ4n) is 2.39. The average molecular weight is 355 g/mol. The van der Waals surface area contributed by atoms with Crippen LogP contribution in [0.1, 0.15) is 18.7 Å². The molecule has 0 saturated heterocycles. The lowest BCUT2D eigenvalue weighted by molar-refractivity contribution is -0.142. The summed E-state index contributed by atoms with van der Waals surface area (Å²) in [6, 6.07) is 9.30. The Balaban J connectivity index is 1.79. The van der Waals surface area contributed by atoms with Crippen molar-refractivity contribution in [3.8, 4) is 5.69 Å². The van der Waals surface area contributed by atoms with E-state index in [-0.39, 0.29) is 30.9 Å². The Bertz CT molecular complexity index is 993. The first-order valence-corrected chi connectivity index (χ1v) is 7.94. The number of aromatic nitrogens is 4. The third kappa shape index (κ3) is 3.77. The van der Waals surface area contributed by atoms with Gasteiger partial charge in [-0.3, -0.25) is 14.4 Å². The van der Waals surface area contributed by atoms with E-state index in [1.807, 2.05) is 30.3 Å². The van der Waals surface area contributed by atoms with E-state index in [0.29, 0.717) is 16.9 Å². The van der Waals surface area contributed by atoms with E-state index in [4.69, 9.17) is 0 Å². The van der Waals surface area contributed by atoms with Crippen LogP contribution in [0, 0.1) is 0 Å². The number of hydrogen-bond donors (Lipinski definition) is 2. The van der Waals surface area contributed by atoms with Gasteiger partial charge in [-0.2, -0.15) is 5.10 Å². The third-order valence-electron chi connectivity index (χ3n) is 3.72. The number of nitrogens with zero attached hydrogens (tertiary/aromatic N) is 3. The van der Waals surface area contributed by atoms with Crippen LogP contribution in [0.25, 0.3) is 16.7 Å². The summed E-state index contributed by atoms with van der Waals surface area (Å²) in [5, 5.41) is 7.19. The molecule has 0 aliphatic carbocycles. The molecule has 9 nitrogen and oxygen atoms in total. The maximum Gasteiger partial charge on any atom is 0.306 e. The van der Waals surface area contributed by atoms with E-state index >= 15 is 0 Å². The van der Waals surface area contributed by atoms with Crippen LogP contribution in [-0.2, 0) is 20.9 Å². The van der Waals surface area contributed by atoms with Crippen molar-refractivity contribution in [3.05, 3.63) is 52.7 Å². The molecule has 9 heteroatoms. The van der Waals surface area contributed by atoms with Crippen LogP contribution >= 0.6 is 0 Å². The lowest BCUT2D eigenvalue weighted by Gasteiger charge is -2.06. The van der Waals surface area contributed by atoms with Gasteiger partial charge in [0.2, 0.25) is 5.91 Å². The van der Waals surface area contributed by atoms with Gasteiger partial charge in [0, 0.05) is 6.42 Å². The molecule has 0 bridgehead atoms. The van der Waals surface area contributed by atoms with Gasteiger partial charge in [-0.25, -0.2) is 9.67 Å². The number of fused-ring (bicyclic) bond motifs is 1. The van der Waals surface area contributed by atoms with Gasteiger partial charge in [0.1, 0.15) is 11.2 Å². The number of para-hydroxylation sites is 1. The first kappa shape index (κ1) is 17.3. The zero-order valence-electron chi connectivity index (χ0n) is 14.1. The number of carbonyl (C=O) groups is 2. The minimum absolute atomic E-state index is 0.00109. The van der Waals surface area contributed by atoms with E-state index in [2.05, 4.69) is 25.1 Å². The molecule has 0 spiro atoms. The Hall–Kier alpha value is -3.49. The third-order valence-corrected chi connectivity index (χ3v) is 3.72. The minimum atomic E-state index is -0.458. The van der Waals surface area contributed by atoms with Gasteiger partial charge in [0.25, 0.3) is 5.56 Å². The predicted molar refractivity (Wildman–Crippen MR) is 92.6 cm³/mol. The molecule has 2 N–H and O–H groups in total. The summed E-state index contributed by atoms with van der Waals surface area (Å²) >= 11 is 0. The van der Waals surface area contributed by atoms with Crippen molar-refractivity contribution < 1.29 is 14.3 Å². The van der Waals surface area contributed by atoms with Gasteiger partial charge in [0.05, 0.1) is 32.0 Å². The van der Waals surface area contributed by atoms with Crippen molar-refractivity contribution in [2.75, 3.05) is 7.11 Å². The molecule has 3 aromatic rings. The molecule has 0 aliphatic rings. The highest BCUT2D eigenvalue weighted by molar-refractivity contribution is 5.81. The topological polar surface area (TPSA) is 119 Å². The van der Waals surface area contributed by atoms with Crippen LogP contribution < -0.4 is 10.9 Å². The molecule has 0 unspecified atom stereocenters. The van der Waals surface area contributed by atoms with E-state index in [1.165, 1.54) is 13.3 Å². The highest BCUT2D eigenvalue weighted by atomic mass is 16.5. The van der Waals surface area contributed by atoms with Crippen molar-refractivity contribution in [2.45, 2.75) is 19.4 Å². The Morgan fingerprint density at radius 2 is 2.00 bits per heavy atom. The molecule has 0 fully saturated rings. The SMILES string of the molecule is COC(=O)CCC(=O)NCc1nc2c(cnn2-c2ccccc2)c(=O)[nH]1. The number of carbonyl (C=O) groups excluding carboxylic acids is 2. The number of hydrogen-bond acceptors (Lipinski definition) is 6. The number of benzene rings is 1. The summed E-state index contributed by atoms with van der Waals surface area (Å²) in [6.45, 7) is 0.0329. The normalized spacial score (nSPS) is 10.7. The lowest BCUT2D eigenvalue weighted by atomic mass is 10.3. The fraction of sp³-hybridized carbons (Fsp3) is 0.235. The molecule has 1 amide bonds. The number of H-pyrrole nitrogens is 1. The van der Waals surface area contributed by atoms with Crippen LogP contribution in [-0.4, -0.2) is 38.7 Å². The number of aromatic amines is 1. The molecule has 0 radical (unpaired) electrons. The molecule has 0 saturated carbocycles. The first-order valence-electron chi connectivity index (χ1n) is 7.94. The van der Waals surface area contributed by atoms with E-state index in [0.717, 1.165) is 5.69 Å². The summed E-state index contributed by atoms with van der Waals surface area (Å²) in [4.78, 5) is 42.1. The van der Waals surface area contributed by atoms with Gasteiger partial charge in [-0.15, -0.1) is 0 Å². The molecule has 3 rings (SSSR count). The number of methoxy groups -OCH3 is 1. The quantitative estimate of drug-likeness (QED) is 0.628. The summed E-state index contributed by atoms with van der Waals surface area (Å²) in [6.07, 6.45) is 1.44. The Morgan fingerprint density at radius 1 is 1.23 bits per heavy atom. The van der Waals surface area contributed by atoms with Crippen LogP contribution in [0.3, 0.4) is 0 Å². The second-order valence-corrected chi connectivity index (χ2v) is 5.49. The Labute approximate surface area is 148 Å². The maximum absolute atomic E-state index is 12.2. The van der Waals surface area contributed by atoms with Crippen LogP contribution in [0.2, 0.25) is 0 Å². The molecule has 1 aromatic carbocycles. The highest BCUT2D eigenvalue weighted by Crippen LogP contribution is 2.13. The van der Waals surface area contributed by atoms with Gasteiger partial charge < -0.3 is 15.0 Å². The number of esters is 1. The number of amides is 1. The zero-order chi connectivity index (χ0) is 18.5. The van der Waals surface area contributed by atoms with Crippen molar-refractivity contribution >= 4 is 22.9 Å². The average Bonchev–Trinajstić information content (AvgIpc) is 3.09. The second kappa shape index (κ2) is 7.60. The van der Waals surface area contributed by atoms with Crippen LogP contribution in [0.4, 0.5) is 0 Å². The molecule has 26 heavy (non-hydrogen) atoms. The van der Waals surface area contributed by atoms with E-state index in [9.17, 15) is 14.4 Å². The molecule has 134 valence electrons. The van der Waals surface area contributed by atoms with Crippen molar-refractivity contribution in [3.63, 3.8) is 0 Å². The molecule has 0 atom stereocenters. The van der Waals surface area contributed by atoms with Crippen molar-refractivity contribution in [1.82, 2.24) is 25.1 Å². The number of nitrogens with one attached hydrogen (secondary N) is 2. The molecule has 2 heterocycles. The lowest BCUT2D eigenvalue weighted by Crippen LogP contribution is -2.26. The largest absolute Gasteiger partial charge is 0.469 e. The number of ether oxygens (including phenoxy) is 1. The summed E-state index contributed by atoms with van der Waals surface area (Å²) < 4.78 is 6.05. The van der Waals surface area contributed by atoms with Crippen LogP contribution in [0.15, 0.2) is 41.3 Å². The van der Waals surface area contributed by atoms with Gasteiger partial charge in [0.15, 0.2) is 5.65 Å². The molecular weight excluding hydrogens is 338 g/mol.